The van der Waals surface area contributed by atoms with Gasteiger partial charge >= 0.3 is 21.2 Å². The highest BCUT2D eigenvalue weighted by Crippen LogP contribution is 2.26. The molecule has 0 radical (unpaired) electrons. The average Bonchev–Trinajstić information content (AvgIpc) is 3.03. The van der Waals surface area contributed by atoms with E-state index in [-0.39, 0.29) is 27.1 Å². The van der Waals surface area contributed by atoms with Gasteiger partial charge in [0.15, 0.2) is 12.3 Å². The molecule has 134 valence electrons. The van der Waals surface area contributed by atoms with E-state index in [1.807, 2.05) is 24.3 Å². The van der Waals surface area contributed by atoms with Crippen LogP contribution in [0.4, 0.5) is 5.13 Å². The van der Waals surface area contributed by atoms with Gasteiger partial charge in [-0.05, 0) is 73.5 Å². The lowest BCUT2D eigenvalue weighted by molar-refractivity contribution is -0.597. The van der Waals surface area contributed by atoms with Gasteiger partial charge in [0.2, 0.25) is 0 Å². The number of thiazole rings is 1. The molecule has 0 aliphatic rings. The number of fused-ring (bicyclic) bond motifs is 1. The quantitative estimate of drug-likeness (QED) is 0.451. The molecule has 4 rings (SSSR count). The van der Waals surface area contributed by atoms with Crippen molar-refractivity contribution < 1.29 is 26.0 Å². The highest BCUT2D eigenvalue weighted by molar-refractivity contribution is 7.22. The third-order valence-electron chi connectivity index (χ3n) is 4.07. The molecule has 3 aromatic carbocycles. The van der Waals surface area contributed by atoms with Crippen molar-refractivity contribution in [3.8, 4) is 0 Å². The number of nitrogens with zero attached hydrogens (tertiary/aromatic N) is 1. The van der Waals surface area contributed by atoms with Gasteiger partial charge < -0.3 is 0 Å². The van der Waals surface area contributed by atoms with Crippen molar-refractivity contribution in [2.75, 3.05) is 5.32 Å². The summed E-state index contributed by atoms with van der Waals surface area (Å²) in [5.41, 5.74) is 4.05. The van der Waals surface area contributed by atoms with E-state index in [1.165, 1.54) is 29.6 Å². The smallest absolute Gasteiger partial charge is 0.298 e. The van der Waals surface area contributed by atoms with Crippen molar-refractivity contribution >= 4 is 32.6 Å². The SMILES string of the molecule is Cc1cccc([I+]c2ccc(C(=O)Nc3nc4ccc(C)cc4s3)cc2)c1. The molecule has 0 unspecified atom stereocenters. The third-order valence-corrected chi connectivity index (χ3v) is 7.64. The number of carbonyl (C=O) groups excluding carboxylic acids is 1. The number of benzene rings is 3. The van der Waals surface area contributed by atoms with Gasteiger partial charge in [0.05, 0.1) is 10.2 Å². The van der Waals surface area contributed by atoms with Crippen LogP contribution in [0.15, 0.2) is 66.7 Å². The molecule has 0 saturated carbocycles. The van der Waals surface area contributed by atoms with Gasteiger partial charge in [0.25, 0.3) is 5.91 Å². The first-order valence-corrected chi connectivity index (χ1v) is 11.5. The molecule has 1 aromatic heterocycles. The first kappa shape index (κ1) is 18.1. The minimum absolute atomic E-state index is 0.119. The zero-order valence-corrected chi connectivity index (χ0v) is 18.0. The van der Waals surface area contributed by atoms with E-state index in [0.717, 1.165) is 10.2 Å². The molecule has 1 heterocycles. The van der Waals surface area contributed by atoms with Crippen LogP contribution in [-0.4, -0.2) is 10.9 Å². The fraction of sp³-hybridized carbons (Fsp3) is 0.0909. The van der Waals surface area contributed by atoms with Crippen LogP contribution in [0.1, 0.15) is 21.5 Å². The van der Waals surface area contributed by atoms with E-state index >= 15 is 0 Å². The fourth-order valence-corrected chi connectivity index (χ4v) is 6.14. The highest BCUT2D eigenvalue weighted by Gasteiger charge is 2.17. The Bertz CT molecular complexity index is 1120. The molecule has 0 atom stereocenters. The Labute approximate surface area is 172 Å². The molecule has 1 N–H and O–H groups in total. The number of aromatic nitrogens is 1. The summed E-state index contributed by atoms with van der Waals surface area (Å²) >= 11 is 1.27. The van der Waals surface area contributed by atoms with Gasteiger partial charge in [-0.15, -0.1) is 0 Å². The summed E-state index contributed by atoms with van der Waals surface area (Å²) in [6.07, 6.45) is 0. The Morgan fingerprint density at radius 1 is 0.926 bits per heavy atom. The molecule has 5 heteroatoms. The van der Waals surface area contributed by atoms with Crippen LogP contribution in [0.5, 0.6) is 0 Å². The standard InChI is InChI=1S/C22H17IN2OS/c1-14-4-3-5-18(12-14)23-17-9-7-16(8-10-17)21(26)25-22-24-19-11-6-15(2)13-20(19)27-22/h3-13H,1-2H3/p+1. The molecular weight excluding hydrogens is 467 g/mol. The lowest BCUT2D eigenvalue weighted by Gasteiger charge is -2.00. The van der Waals surface area contributed by atoms with Crippen LogP contribution in [-0.2, 0) is 0 Å². The van der Waals surface area contributed by atoms with Crippen molar-refractivity contribution in [1.82, 2.24) is 4.98 Å². The number of carbonyl (C=O) groups is 1. The summed E-state index contributed by atoms with van der Waals surface area (Å²) in [4.78, 5) is 17.0. The van der Waals surface area contributed by atoms with E-state index < -0.39 is 0 Å². The van der Waals surface area contributed by atoms with Crippen LogP contribution >= 0.6 is 11.3 Å². The molecule has 1 amide bonds. The Morgan fingerprint density at radius 3 is 2.48 bits per heavy atom. The lowest BCUT2D eigenvalue weighted by atomic mass is 10.2. The molecule has 3 nitrogen and oxygen atoms in total. The van der Waals surface area contributed by atoms with Crippen molar-refractivity contribution in [3.05, 3.63) is 90.6 Å². The lowest BCUT2D eigenvalue weighted by Crippen LogP contribution is -3.61. The zero-order valence-electron chi connectivity index (χ0n) is 15.0. The fourth-order valence-electron chi connectivity index (χ4n) is 2.71. The van der Waals surface area contributed by atoms with Crippen LogP contribution < -0.4 is 26.5 Å². The van der Waals surface area contributed by atoms with E-state index in [1.54, 1.807) is 0 Å². The largest absolute Gasteiger partial charge is 0.357 e. The number of rotatable bonds is 4. The normalized spacial score (nSPS) is 10.9. The van der Waals surface area contributed by atoms with Gasteiger partial charge in [-0.25, -0.2) is 4.98 Å². The second-order valence-electron chi connectivity index (χ2n) is 6.34. The molecule has 0 bridgehead atoms. The molecule has 4 aromatic rings. The minimum atomic E-state index is -0.229. The van der Waals surface area contributed by atoms with Crippen LogP contribution in [0.3, 0.4) is 0 Å². The second-order valence-corrected chi connectivity index (χ2v) is 10.4. The first-order chi connectivity index (χ1) is 13.1. The van der Waals surface area contributed by atoms with Crippen LogP contribution in [0.2, 0.25) is 0 Å². The van der Waals surface area contributed by atoms with Crippen molar-refractivity contribution in [3.63, 3.8) is 0 Å². The predicted octanol–water partition coefficient (Wildman–Crippen LogP) is 2.29. The Morgan fingerprint density at radius 2 is 1.70 bits per heavy atom. The molecule has 0 aliphatic heterocycles. The number of amides is 1. The van der Waals surface area contributed by atoms with Gasteiger partial charge in [-0.1, -0.05) is 29.5 Å². The summed E-state index contributed by atoms with van der Waals surface area (Å²) in [7, 11) is 0. The predicted molar refractivity (Wildman–Crippen MR) is 107 cm³/mol. The monoisotopic (exact) mass is 485 g/mol. The van der Waals surface area contributed by atoms with E-state index in [2.05, 4.69) is 66.6 Å². The van der Waals surface area contributed by atoms with Crippen molar-refractivity contribution in [1.29, 1.82) is 0 Å². The summed E-state index contributed by atoms with van der Waals surface area (Å²) < 4.78 is 3.77. The van der Waals surface area contributed by atoms with E-state index in [9.17, 15) is 4.79 Å². The molecule has 0 fully saturated rings. The summed E-state index contributed by atoms with van der Waals surface area (Å²) in [5, 5.41) is 3.56. The number of hydrogen-bond acceptors (Lipinski definition) is 3. The number of anilines is 1. The van der Waals surface area contributed by atoms with Gasteiger partial charge in [0, 0.05) is 5.56 Å². The Balaban J connectivity index is 1.46. The van der Waals surface area contributed by atoms with Gasteiger partial charge in [-0.2, -0.15) is 0 Å². The highest BCUT2D eigenvalue weighted by atomic mass is 127. The maximum Gasteiger partial charge on any atom is 0.357 e. The molecular formula is C22H18IN2OS+. The summed E-state index contributed by atoms with van der Waals surface area (Å²) in [5.74, 6) is -0.119. The minimum Gasteiger partial charge on any atom is -0.298 e. The average molecular weight is 485 g/mol. The van der Waals surface area contributed by atoms with Crippen LogP contribution in [0, 0.1) is 21.0 Å². The second kappa shape index (κ2) is 7.78. The van der Waals surface area contributed by atoms with Crippen molar-refractivity contribution in [2.45, 2.75) is 13.8 Å². The summed E-state index contributed by atoms with van der Waals surface area (Å²) in [6.45, 7) is 4.17. The molecule has 0 spiro atoms. The molecule has 27 heavy (non-hydrogen) atoms. The van der Waals surface area contributed by atoms with E-state index in [4.69, 9.17) is 0 Å². The number of nitrogens with one attached hydrogen (secondary N) is 1. The Kier molecular flexibility index (Phi) is 5.22. The van der Waals surface area contributed by atoms with Crippen molar-refractivity contribution in [2.24, 2.45) is 0 Å². The number of halogens is 1. The zero-order chi connectivity index (χ0) is 18.8. The first-order valence-electron chi connectivity index (χ1n) is 8.57. The number of aryl methyl sites for hydroxylation is 2. The van der Waals surface area contributed by atoms with Crippen LogP contribution in [0.25, 0.3) is 10.2 Å². The molecule has 0 saturated heterocycles. The maximum absolute atomic E-state index is 12.5. The third kappa shape index (κ3) is 4.36. The number of hydrogen-bond donors (Lipinski definition) is 1. The molecule has 0 aliphatic carbocycles. The maximum atomic E-state index is 12.5. The van der Waals surface area contributed by atoms with Gasteiger partial charge in [-0.3, -0.25) is 10.1 Å². The van der Waals surface area contributed by atoms with Gasteiger partial charge in [0.1, 0.15) is 0 Å². The van der Waals surface area contributed by atoms with E-state index in [0.29, 0.717) is 10.7 Å². The topological polar surface area (TPSA) is 42.0 Å². The summed E-state index contributed by atoms with van der Waals surface area (Å²) in [6, 6.07) is 22.7. The Hall–Kier alpha value is -2.25.